The van der Waals surface area contributed by atoms with Gasteiger partial charge in [-0.3, -0.25) is 14.2 Å². The molecule has 0 aliphatic carbocycles. The molecule has 482 valence electrons. The zero-order valence-electron chi connectivity index (χ0n) is 54.9. The zero-order chi connectivity index (χ0) is 60.5. The molecule has 0 bridgehead atoms. The number of likely N-dealkylation sites (N-methyl/N-ethyl adjacent to an activating group) is 1. The molecular weight excluding hydrogens is 1050 g/mol. The summed E-state index contributed by atoms with van der Waals surface area (Å²) in [5.74, 6) is -0.822. The number of hydrogen-bond acceptors (Lipinski definition) is 8. The minimum absolute atomic E-state index is 0.0316. The maximum Gasteiger partial charge on any atom is 0.306 e. The first-order valence-electron chi connectivity index (χ1n) is 34.8. The maximum atomic E-state index is 12.9. The lowest BCUT2D eigenvalue weighted by molar-refractivity contribution is -0.870. The number of ether oxygens (including phenoxy) is 2. The molecule has 0 aromatic rings. The molecule has 0 saturated carbocycles. The molecule has 0 heterocycles. The number of esters is 2. The van der Waals surface area contributed by atoms with Crippen LogP contribution in [0.25, 0.3) is 0 Å². The molecule has 0 aromatic heterocycles. The Balaban J connectivity index is 4.05. The van der Waals surface area contributed by atoms with Crippen molar-refractivity contribution in [1.29, 1.82) is 0 Å². The van der Waals surface area contributed by atoms with Crippen LogP contribution in [0.2, 0.25) is 0 Å². The summed E-state index contributed by atoms with van der Waals surface area (Å²) in [5.41, 5.74) is 0. The zero-order valence-corrected chi connectivity index (χ0v) is 55.8. The van der Waals surface area contributed by atoms with E-state index >= 15 is 0 Å². The number of quaternary nitrogens is 1. The molecule has 0 radical (unpaired) electrons. The van der Waals surface area contributed by atoms with E-state index in [2.05, 4.69) is 98.9 Å². The summed E-state index contributed by atoms with van der Waals surface area (Å²) in [5, 5.41) is 0. The number of nitrogens with zero attached hydrogens (tertiary/aromatic N) is 1. The quantitative estimate of drug-likeness (QED) is 0.0195. The van der Waals surface area contributed by atoms with Crippen LogP contribution in [0.15, 0.2) is 85.1 Å². The highest BCUT2D eigenvalue weighted by Crippen LogP contribution is 2.38. The summed E-state index contributed by atoms with van der Waals surface area (Å²) in [6.45, 7) is 4.17. The van der Waals surface area contributed by atoms with E-state index in [4.69, 9.17) is 18.5 Å². The van der Waals surface area contributed by atoms with E-state index in [1.54, 1.807) is 0 Å². The van der Waals surface area contributed by atoms with Crippen LogP contribution < -0.4 is 4.89 Å². The number of carbonyl (C=O) groups is 2. The highest BCUT2D eigenvalue weighted by Gasteiger charge is 2.22. The van der Waals surface area contributed by atoms with Crippen molar-refractivity contribution in [1.82, 2.24) is 0 Å². The van der Waals surface area contributed by atoms with Gasteiger partial charge in [0.2, 0.25) is 0 Å². The number of carbonyl (C=O) groups excluding carboxylic acids is 2. The summed E-state index contributed by atoms with van der Waals surface area (Å²) >= 11 is 0. The molecule has 0 saturated heterocycles. The Morgan fingerprint density at radius 2 is 0.687 bits per heavy atom. The summed E-state index contributed by atoms with van der Waals surface area (Å²) < 4.78 is 34.3. The SMILES string of the molecule is CC/C=C\C/C=C\C/C=C\C/C=C\C/C=C\C/C=C\C/C=C\CCCCCCCCCCCCCCCC(=O)OC(COC(=O)CCCCCCCCCCCCCCCCCCCCCCCCCC)COP(=O)([O-])OCC[N+](C)(C)C. The van der Waals surface area contributed by atoms with Gasteiger partial charge in [0.25, 0.3) is 7.82 Å². The highest BCUT2D eigenvalue weighted by atomic mass is 31.2. The Kier molecular flexibility index (Phi) is 61.5. The normalized spacial score (nSPS) is 13.7. The van der Waals surface area contributed by atoms with Crippen molar-refractivity contribution in [3.63, 3.8) is 0 Å². The van der Waals surface area contributed by atoms with Crippen LogP contribution in [0.4, 0.5) is 0 Å². The van der Waals surface area contributed by atoms with Gasteiger partial charge in [0.05, 0.1) is 27.7 Å². The lowest BCUT2D eigenvalue weighted by atomic mass is 10.0. The topological polar surface area (TPSA) is 111 Å². The Labute approximate surface area is 513 Å². The Morgan fingerprint density at radius 1 is 0.386 bits per heavy atom. The van der Waals surface area contributed by atoms with E-state index in [0.29, 0.717) is 17.4 Å². The second-order valence-electron chi connectivity index (χ2n) is 24.5. The van der Waals surface area contributed by atoms with Gasteiger partial charge in [-0.1, -0.05) is 317 Å². The molecule has 0 aromatic carbocycles. The minimum atomic E-state index is -4.64. The highest BCUT2D eigenvalue weighted by molar-refractivity contribution is 7.45. The number of unbranched alkanes of at least 4 members (excludes halogenated alkanes) is 36. The van der Waals surface area contributed by atoms with Crippen LogP contribution in [-0.4, -0.2) is 70.0 Å². The van der Waals surface area contributed by atoms with Crippen LogP contribution in [0, 0.1) is 0 Å². The van der Waals surface area contributed by atoms with Gasteiger partial charge in [-0.05, 0) is 70.6 Å². The second kappa shape index (κ2) is 63.7. The van der Waals surface area contributed by atoms with Crippen LogP contribution in [0.3, 0.4) is 0 Å². The molecule has 9 nitrogen and oxygen atoms in total. The third kappa shape index (κ3) is 68.2. The molecule has 0 fully saturated rings. The van der Waals surface area contributed by atoms with Crippen LogP contribution in [0.5, 0.6) is 0 Å². The Bertz CT molecular complexity index is 1680. The smallest absolute Gasteiger partial charge is 0.306 e. The van der Waals surface area contributed by atoms with Crippen molar-refractivity contribution in [2.45, 2.75) is 322 Å². The number of hydrogen-bond donors (Lipinski definition) is 0. The third-order valence-electron chi connectivity index (χ3n) is 15.2. The van der Waals surface area contributed by atoms with Crippen LogP contribution >= 0.6 is 7.82 Å². The Hall–Kier alpha value is -2.81. The van der Waals surface area contributed by atoms with E-state index in [0.717, 1.165) is 83.5 Å². The molecule has 0 aliphatic heterocycles. The first-order valence-corrected chi connectivity index (χ1v) is 36.3. The van der Waals surface area contributed by atoms with Gasteiger partial charge in [0.1, 0.15) is 19.8 Å². The third-order valence-corrected chi connectivity index (χ3v) is 16.1. The molecule has 0 aliphatic rings. The first kappa shape index (κ1) is 80.2. The van der Waals surface area contributed by atoms with Gasteiger partial charge in [-0.25, -0.2) is 0 Å². The first-order chi connectivity index (χ1) is 40.5. The largest absolute Gasteiger partial charge is 0.756 e. The number of rotatable bonds is 64. The van der Waals surface area contributed by atoms with Crippen LogP contribution in [-0.2, 0) is 32.7 Å². The monoisotopic (exact) mass is 1180 g/mol. The predicted octanol–water partition coefficient (Wildman–Crippen LogP) is 21.9. The van der Waals surface area contributed by atoms with Crippen molar-refractivity contribution >= 4 is 19.8 Å². The van der Waals surface area contributed by atoms with Gasteiger partial charge in [0, 0.05) is 12.8 Å². The number of phosphoric ester groups is 1. The molecule has 2 atom stereocenters. The van der Waals surface area contributed by atoms with E-state index in [-0.39, 0.29) is 32.0 Å². The van der Waals surface area contributed by atoms with Crippen molar-refractivity contribution in [3.05, 3.63) is 85.1 Å². The number of phosphoric acid groups is 1. The summed E-state index contributed by atoms with van der Waals surface area (Å²) in [4.78, 5) is 38.1. The fraction of sp³-hybridized carbons (Fsp3) is 0.781. The molecule has 0 spiro atoms. The molecule has 0 amide bonds. The van der Waals surface area contributed by atoms with Crippen molar-refractivity contribution in [3.8, 4) is 0 Å². The molecule has 0 rings (SSSR count). The van der Waals surface area contributed by atoms with Crippen LogP contribution in [0.1, 0.15) is 316 Å². The average Bonchev–Trinajstić information content (AvgIpc) is 3.49. The fourth-order valence-electron chi connectivity index (χ4n) is 9.88. The van der Waals surface area contributed by atoms with Gasteiger partial charge in [0.15, 0.2) is 6.10 Å². The predicted molar refractivity (Wildman–Crippen MR) is 356 cm³/mol. The van der Waals surface area contributed by atoms with Gasteiger partial charge < -0.3 is 27.9 Å². The van der Waals surface area contributed by atoms with Crippen molar-refractivity contribution < 1.29 is 42.1 Å². The van der Waals surface area contributed by atoms with Crippen molar-refractivity contribution in [2.24, 2.45) is 0 Å². The second-order valence-corrected chi connectivity index (χ2v) is 25.9. The Morgan fingerprint density at radius 3 is 1.02 bits per heavy atom. The van der Waals surface area contributed by atoms with Gasteiger partial charge >= 0.3 is 11.9 Å². The lowest BCUT2D eigenvalue weighted by Gasteiger charge is -2.28. The lowest BCUT2D eigenvalue weighted by Crippen LogP contribution is -2.37. The van der Waals surface area contributed by atoms with Crippen molar-refractivity contribution in [2.75, 3.05) is 47.5 Å². The average molecular weight is 1180 g/mol. The molecule has 83 heavy (non-hydrogen) atoms. The summed E-state index contributed by atoms with van der Waals surface area (Å²) in [6, 6.07) is 0. The molecule has 0 N–H and O–H groups in total. The van der Waals surface area contributed by atoms with E-state index in [9.17, 15) is 19.0 Å². The minimum Gasteiger partial charge on any atom is -0.756 e. The van der Waals surface area contributed by atoms with E-state index in [1.165, 1.54) is 199 Å². The molecule has 10 heteroatoms. The maximum absolute atomic E-state index is 12.9. The fourth-order valence-corrected chi connectivity index (χ4v) is 10.6. The standard InChI is InChI=1S/C73H132NO8P/c1-6-8-10-12-14-16-18-20-22-24-26-28-30-32-33-34-35-36-37-38-39-40-41-42-44-46-48-50-52-54-56-58-60-62-64-66-73(76)82-71(70-81-83(77,78)80-68-67-74(3,4)5)69-79-72(75)65-63-61-59-57-55-53-51-49-47-45-43-31-29-27-25-23-21-19-17-15-13-11-9-7-2/h8,10,14,16,20,22,26,28,32-33,35-36,38-39,71H,6-7,9,11-13,15,17-19,21,23-25,27,29-31,34,37,40-70H2,1-5H3/b10-8-,16-14-,22-20-,28-26-,33-32-,36-35-,39-38-. The van der Waals surface area contributed by atoms with E-state index in [1.807, 2.05) is 21.1 Å². The molecular formula is C73H132NO8P. The number of allylic oxidation sites excluding steroid dienone is 14. The van der Waals surface area contributed by atoms with Gasteiger partial charge in [-0.15, -0.1) is 0 Å². The summed E-state index contributed by atoms with van der Waals surface area (Å²) in [7, 11) is 1.17. The molecule has 2 unspecified atom stereocenters. The summed E-state index contributed by atoms with van der Waals surface area (Å²) in [6.07, 6.45) is 86.6. The van der Waals surface area contributed by atoms with E-state index < -0.39 is 26.5 Å². The van der Waals surface area contributed by atoms with Gasteiger partial charge in [-0.2, -0.15) is 0 Å².